The summed E-state index contributed by atoms with van der Waals surface area (Å²) < 4.78 is 1.60. The second-order valence-corrected chi connectivity index (χ2v) is 2.98. The molecule has 0 aliphatic rings. The second kappa shape index (κ2) is 3.27. The molecule has 1 aromatic heterocycles. The van der Waals surface area contributed by atoms with E-state index in [1.165, 1.54) is 0 Å². The van der Waals surface area contributed by atoms with Crippen molar-refractivity contribution in [1.82, 2.24) is 9.55 Å². The lowest BCUT2D eigenvalue weighted by atomic mass is 10.3. The van der Waals surface area contributed by atoms with Crippen LogP contribution in [0.4, 0.5) is 0 Å². The third-order valence-corrected chi connectivity index (χ3v) is 2.21. The standard InChI is InChI=1S/C8H11ClN2O/c1-4-11-6(3)10-7(9)5(2)8(11)12/h4H2,1-3H3. The zero-order chi connectivity index (χ0) is 9.30. The topological polar surface area (TPSA) is 34.9 Å². The number of rotatable bonds is 1. The Hall–Kier alpha value is -0.830. The largest absolute Gasteiger partial charge is 0.297 e. The molecule has 0 radical (unpaired) electrons. The first-order valence-electron chi connectivity index (χ1n) is 3.81. The minimum Gasteiger partial charge on any atom is -0.297 e. The van der Waals surface area contributed by atoms with Gasteiger partial charge in [0.1, 0.15) is 11.0 Å². The number of halogens is 1. The molecule has 1 aromatic rings. The van der Waals surface area contributed by atoms with Gasteiger partial charge in [0, 0.05) is 6.54 Å². The van der Waals surface area contributed by atoms with Gasteiger partial charge >= 0.3 is 0 Å². The summed E-state index contributed by atoms with van der Waals surface area (Å²) in [5, 5.41) is 0.308. The van der Waals surface area contributed by atoms with Crippen LogP contribution in [-0.4, -0.2) is 9.55 Å². The number of aryl methyl sites for hydroxylation is 1. The quantitative estimate of drug-likeness (QED) is 0.624. The lowest BCUT2D eigenvalue weighted by molar-refractivity contribution is 0.668. The maximum atomic E-state index is 11.5. The SMILES string of the molecule is CCn1c(C)nc(Cl)c(C)c1=O. The third kappa shape index (κ3) is 1.37. The van der Waals surface area contributed by atoms with Crippen molar-refractivity contribution >= 4 is 11.6 Å². The Morgan fingerprint density at radius 2 is 2.08 bits per heavy atom. The fraction of sp³-hybridized carbons (Fsp3) is 0.500. The summed E-state index contributed by atoms with van der Waals surface area (Å²) in [6.45, 7) is 6.00. The molecule has 0 aliphatic carbocycles. The Balaban J connectivity index is 3.52. The summed E-state index contributed by atoms with van der Waals surface area (Å²) in [5.74, 6) is 0.665. The number of hydrogen-bond donors (Lipinski definition) is 0. The zero-order valence-corrected chi connectivity index (χ0v) is 8.14. The molecule has 12 heavy (non-hydrogen) atoms. The molecule has 4 heteroatoms. The molecule has 0 unspecified atom stereocenters. The van der Waals surface area contributed by atoms with E-state index in [0.29, 0.717) is 23.1 Å². The lowest BCUT2D eigenvalue weighted by Gasteiger charge is -2.07. The Bertz CT molecular complexity index is 357. The monoisotopic (exact) mass is 186 g/mol. The normalized spacial score (nSPS) is 10.3. The molecule has 0 saturated heterocycles. The minimum atomic E-state index is -0.0463. The van der Waals surface area contributed by atoms with E-state index in [9.17, 15) is 4.79 Å². The smallest absolute Gasteiger partial charge is 0.257 e. The van der Waals surface area contributed by atoms with E-state index in [1.807, 2.05) is 6.92 Å². The second-order valence-electron chi connectivity index (χ2n) is 2.62. The van der Waals surface area contributed by atoms with Crippen molar-refractivity contribution in [2.24, 2.45) is 0 Å². The van der Waals surface area contributed by atoms with Gasteiger partial charge in [0.2, 0.25) is 0 Å². The van der Waals surface area contributed by atoms with Crippen LogP contribution >= 0.6 is 11.6 Å². The highest BCUT2D eigenvalue weighted by atomic mass is 35.5. The van der Waals surface area contributed by atoms with Crippen LogP contribution in [0.25, 0.3) is 0 Å². The molecule has 66 valence electrons. The van der Waals surface area contributed by atoms with Crippen molar-refractivity contribution in [2.75, 3.05) is 0 Å². The minimum absolute atomic E-state index is 0.0463. The van der Waals surface area contributed by atoms with Gasteiger partial charge in [-0.05, 0) is 20.8 Å². The summed E-state index contributed by atoms with van der Waals surface area (Å²) in [6.07, 6.45) is 0. The highest BCUT2D eigenvalue weighted by Crippen LogP contribution is 2.07. The Labute approximate surface area is 76.0 Å². The van der Waals surface area contributed by atoms with Crippen molar-refractivity contribution < 1.29 is 0 Å². The molecule has 0 N–H and O–H groups in total. The van der Waals surface area contributed by atoms with Crippen LogP contribution in [0.15, 0.2) is 4.79 Å². The fourth-order valence-electron chi connectivity index (χ4n) is 1.10. The molecule has 0 spiro atoms. The summed E-state index contributed by atoms with van der Waals surface area (Å²) in [4.78, 5) is 15.5. The fourth-order valence-corrected chi connectivity index (χ4v) is 1.30. The molecule has 0 atom stereocenters. The summed E-state index contributed by atoms with van der Waals surface area (Å²) in [5.41, 5.74) is 0.471. The van der Waals surface area contributed by atoms with Gasteiger partial charge in [0.05, 0.1) is 5.56 Å². The molecule has 0 aliphatic heterocycles. The van der Waals surface area contributed by atoms with Gasteiger partial charge in [-0.1, -0.05) is 11.6 Å². The van der Waals surface area contributed by atoms with E-state index < -0.39 is 0 Å². The van der Waals surface area contributed by atoms with Crippen molar-refractivity contribution in [3.05, 3.63) is 26.9 Å². The van der Waals surface area contributed by atoms with Crippen molar-refractivity contribution in [2.45, 2.75) is 27.3 Å². The first-order chi connectivity index (χ1) is 5.57. The summed E-state index contributed by atoms with van der Waals surface area (Å²) in [7, 11) is 0. The van der Waals surface area contributed by atoms with E-state index in [4.69, 9.17) is 11.6 Å². The number of nitrogens with zero attached hydrogens (tertiary/aromatic N) is 2. The van der Waals surface area contributed by atoms with E-state index in [2.05, 4.69) is 4.98 Å². The molecule has 0 fully saturated rings. The van der Waals surface area contributed by atoms with Crippen molar-refractivity contribution in [3.8, 4) is 0 Å². The molecule has 0 aromatic carbocycles. The van der Waals surface area contributed by atoms with Gasteiger partial charge in [0.15, 0.2) is 0 Å². The molecule has 0 bridgehead atoms. The molecular formula is C8H11ClN2O. The highest BCUT2D eigenvalue weighted by Gasteiger charge is 2.06. The van der Waals surface area contributed by atoms with Gasteiger partial charge in [-0.15, -0.1) is 0 Å². The molecule has 1 rings (SSSR count). The number of aromatic nitrogens is 2. The van der Waals surface area contributed by atoms with E-state index in [1.54, 1.807) is 18.4 Å². The maximum absolute atomic E-state index is 11.5. The third-order valence-electron chi connectivity index (χ3n) is 1.84. The van der Waals surface area contributed by atoms with Gasteiger partial charge in [-0.3, -0.25) is 9.36 Å². The number of hydrogen-bond acceptors (Lipinski definition) is 2. The van der Waals surface area contributed by atoms with E-state index in [0.717, 1.165) is 0 Å². The first-order valence-corrected chi connectivity index (χ1v) is 4.19. The summed E-state index contributed by atoms with van der Waals surface area (Å²) >= 11 is 5.72. The van der Waals surface area contributed by atoms with Gasteiger partial charge in [-0.25, -0.2) is 4.98 Å². The first kappa shape index (κ1) is 9.26. The molecular weight excluding hydrogens is 176 g/mol. The van der Waals surface area contributed by atoms with E-state index >= 15 is 0 Å². The van der Waals surface area contributed by atoms with Crippen LogP contribution in [0.5, 0.6) is 0 Å². The van der Waals surface area contributed by atoms with Gasteiger partial charge in [0.25, 0.3) is 5.56 Å². The highest BCUT2D eigenvalue weighted by molar-refractivity contribution is 6.30. The van der Waals surface area contributed by atoms with Gasteiger partial charge in [-0.2, -0.15) is 0 Å². The average Bonchev–Trinajstić information content (AvgIpc) is 2.01. The zero-order valence-electron chi connectivity index (χ0n) is 7.39. The van der Waals surface area contributed by atoms with Crippen LogP contribution in [0.1, 0.15) is 18.3 Å². The Morgan fingerprint density at radius 1 is 1.50 bits per heavy atom. The van der Waals surface area contributed by atoms with Crippen LogP contribution in [0.2, 0.25) is 5.15 Å². The van der Waals surface area contributed by atoms with E-state index in [-0.39, 0.29) is 5.56 Å². The predicted octanol–water partition coefficient (Wildman–Crippen LogP) is 1.53. The molecule has 1 heterocycles. The summed E-state index contributed by atoms with van der Waals surface area (Å²) in [6, 6.07) is 0. The lowest BCUT2D eigenvalue weighted by Crippen LogP contribution is -2.25. The van der Waals surface area contributed by atoms with Crippen molar-refractivity contribution in [3.63, 3.8) is 0 Å². The predicted molar refractivity (Wildman–Crippen MR) is 48.7 cm³/mol. The van der Waals surface area contributed by atoms with Crippen LogP contribution in [0.3, 0.4) is 0 Å². The van der Waals surface area contributed by atoms with Crippen LogP contribution in [0, 0.1) is 13.8 Å². The average molecular weight is 187 g/mol. The molecule has 0 saturated carbocycles. The van der Waals surface area contributed by atoms with Gasteiger partial charge < -0.3 is 0 Å². The Kier molecular flexibility index (Phi) is 2.52. The molecule has 3 nitrogen and oxygen atoms in total. The molecule has 0 amide bonds. The maximum Gasteiger partial charge on any atom is 0.257 e. The van der Waals surface area contributed by atoms with Crippen LogP contribution in [-0.2, 0) is 6.54 Å². The van der Waals surface area contributed by atoms with Crippen molar-refractivity contribution in [1.29, 1.82) is 0 Å². The van der Waals surface area contributed by atoms with Crippen LogP contribution < -0.4 is 5.56 Å². The Morgan fingerprint density at radius 3 is 2.58 bits per heavy atom.